The fourth-order valence-corrected chi connectivity index (χ4v) is 1.18. The summed E-state index contributed by atoms with van der Waals surface area (Å²) < 4.78 is 0. The van der Waals surface area contributed by atoms with Gasteiger partial charge < -0.3 is 0 Å². The van der Waals surface area contributed by atoms with Crippen LogP contribution in [0.3, 0.4) is 0 Å². The number of nitriles is 1. The van der Waals surface area contributed by atoms with E-state index in [2.05, 4.69) is 4.98 Å². The van der Waals surface area contributed by atoms with Gasteiger partial charge in [-0.15, -0.1) is 0 Å². The van der Waals surface area contributed by atoms with Gasteiger partial charge in [-0.3, -0.25) is 10.3 Å². The van der Waals surface area contributed by atoms with Gasteiger partial charge in [-0.05, 0) is 11.6 Å². The second kappa shape index (κ2) is 5.32. The van der Waals surface area contributed by atoms with Crippen molar-refractivity contribution in [2.24, 2.45) is 0 Å². The van der Waals surface area contributed by atoms with E-state index in [1.54, 1.807) is 18.3 Å². The summed E-state index contributed by atoms with van der Waals surface area (Å²) in [4.78, 5) is 5.23. The molecule has 0 aromatic carbocycles. The van der Waals surface area contributed by atoms with E-state index in [9.17, 15) is 0 Å². The van der Waals surface area contributed by atoms with Crippen molar-refractivity contribution in [2.75, 3.05) is 0 Å². The van der Waals surface area contributed by atoms with Crippen molar-refractivity contribution in [1.29, 1.82) is 10.7 Å². The molecule has 4 nitrogen and oxygen atoms in total. The molecule has 0 fully saturated rings. The standard InChI is InChI=1S/C10H11ClN4/c1-2-10(13)15(7-12)6-8-3-4-9(11)14-5-8/h3-5,13H,2,6H2,1H3. The van der Waals surface area contributed by atoms with Crippen molar-refractivity contribution < 1.29 is 0 Å². The van der Waals surface area contributed by atoms with Crippen molar-refractivity contribution in [1.82, 2.24) is 9.88 Å². The van der Waals surface area contributed by atoms with E-state index in [1.165, 1.54) is 4.90 Å². The molecular weight excluding hydrogens is 212 g/mol. The Bertz CT molecular complexity index is 379. The van der Waals surface area contributed by atoms with Crippen LogP contribution >= 0.6 is 11.6 Å². The van der Waals surface area contributed by atoms with Crippen molar-refractivity contribution in [2.45, 2.75) is 19.9 Å². The lowest BCUT2D eigenvalue weighted by atomic mass is 10.2. The molecule has 1 N–H and O–H groups in total. The first-order chi connectivity index (χ1) is 7.17. The first-order valence-electron chi connectivity index (χ1n) is 4.52. The second-order valence-electron chi connectivity index (χ2n) is 2.98. The SMILES string of the molecule is CCC(=N)N(C#N)Cc1ccc(Cl)nc1. The van der Waals surface area contributed by atoms with Gasteiger partial charge in [0.05, 0.1) is 6.54 Å². The molecule has 0 spiro atoms. The van der Waals surface area contributed by atoms with Crippen LogP contribution in [0.1, 0.15) is 18.9 Å². The molecule has 0 amide bonds. The van der Waals surface area contributed by atoms with E-state index < -0.39 is 0 Å². The zero-order valence-electron chi connectivity index (χ0n) is 8.37. The van der Waals surface area contributed by atoms with Crippen LogP contribution in [0.2, 0.25) is 5.15 Å². The molecule has 5 heteroatoms. The van der Waals surface area contributed by atoms with Crippen LogP contribution < -0.4 is 0 Å². The first kappa shape index (κ1) is 11.5. The molecule has 0 radical (unpaired) electrons. The van der Waals surface area contributed by atoms with Gasteiger partial charge >= 0.3 is 0 Å². The van der Waals surface area contributed by atoms with Gasteiger partial charge in [0.15, 0.2) is 6.19 Å². The average Bonchev–Trinajstić information content (AvgIpc) is 2.27. The molecule has 0 aliphatic heterocycles. The van der Waals surface area contributed by atoms with Crippen molar-refractivity contribution in [3.05, 3.63) is 29.0 Å². The molecule has 0 saturated carbocycles. The lowest BCUT2D eigenvalue weighted by Gasteiger charge is -2.14. The predicted molar refractivity (Wildman–Crippen MR) is 58.4 cm³/mol. The summed E-state index contributed by atoms with van der Waals surface area (Å²) in [6, 6.07) is 3.46. The Kier molecular flexibility index (Phi) is 4.07. The minimum absolute atomic E-state index is 0.299. The summed E-state index contributed by atoms with van der Waals surface area (Å²) in [5.74, 6) is 0.299. The summed E-state index contributed by atoms with van der Waals surface area (Å²) >= 11 is 5.64. The monoisotopic (exact) mass is 222 g/mol. The second-order valence-corrected chi connectivity index (χ2v) is 3.36. The highest BCUT2D eigenvalue weighted by Crippen LogP contribution is 2.08. The minimum atomic E-state index is 0.299. The molecule has 1 aromatic heterocycles. The summed E-state index contributed by atoms with van der Waals surface area (Å²) in [7, 11) is 0. The zero-order chi connectivity index (χ0) is 11.3. The highest BCUT2D eigenvalue weighted by molar-refractivity contribution is 6.29. The number of pyridine rings is 1. The molecular formula is C10H11ClN4. The number of halogens is 1. The van der Waals surface area contributed by atoms with Crippen LogP contribution in [0.25, 0.3) is 0 Å². The summed E-state index contributed by atoms with van der Waals surface area (Å²) in [5, 5.41) is 16.8. The number of nitrogens with zero attached hydrogens (tertiary/aromatic N) is 3. The lowest BCUT2D eigenvalue weighted by molar-refractivity contribution is 0.554. The number of nitrogens with one attached hydrogen (secondary N) is 1. The molecule has 0 atom stereocenters. The fourth-order valence-electron chi connectivity index (χ4n) is 1.06. The van der Waals surface area contributed by atoms with Crippen LogP contribution in [0, 0.1) is 16.9 Å². The lowest BCUT2D eigenvalue weighted by Crippen LogP contribution is -2.24. The summed E-state index contributed by atoms with van der Waals surface area (Å²) in [5.41, 5.74) is 0.860. The van der Waals surface area contributed by atoms with Gasteiger partial charge in [0.2, 0.25) is 0 Å². The number of rotatable bonds is 3. The van der Waals surface area contributed by atoms with E-state index in [0.29, 0.717) is 24.0 Å². The third kappa shape index (κ3) is 3.22. The van der Waals surface area contributed by atoms with E-state index in [1.807, 2.05) is 13.1 Å². The molecule has 0 unspecified atom stereocenters. The minimum Gasteiger partial charge on any atom is -0.288 e. The Morgan fingerprint density at radius 2 is 2.40 bits per heavy atom. The largest absolute Gasteiger partial charge is 0.288 e. The van der Waals surface area contributed by atoms with Crippen LogP contribution in [-0.2, 0) is 6.54 Å². The van der Waals surface area contributed by atoms with Crippen molar-refractivity contribution >= 4 is 17.4 Å². The number of aromatic nitrogens is 1. The van der Waals surface area contributed by atoms with E-state index >= 15 is 0 Å². The highest BCUT2D eigenvalue weighted by atomic mass is 35.5. The van der Waals surface area contributed by atoms with E-state index in [-0.39, 0.29) is 0 Å². The topological polar surface area (TPSA) is 63.8 Å². The summed E-state index contributed by atoms with van der Waals surface area (Å²) in [6.07, 6.45) is 4.11. The third-order valence-corrected chi connectivity index (χ3v) is 2.13. The normalized spacial score (nSPS) is 9.40. The third-order valence-electron chi connectivity index (χ3n) is 1.91. The molecule has 1 heterocycles. The maximum atomic E-state index is 8.83. The maximum absolute atomic E-state index is 8.83. The predicted octanol–water partition coefficient (Wildman–Crippen LogP) is 2.41. The van der Waals surface area contributed by atoms with E-state index in [4.69, 9.17) is 22.3 Å². The van der Waals surface area contributed by atoms with Gasteiger partial charge in [-0.1, -0.05) is 24.6 Å². The Balaban J connectivity index is 2.72. The van der Waals surface area contributed by atoms with Crippen LogP contribution in [0.15, 0.2) is 18.3 Å². The Morgan fingerprint density at radius 1 is 1.67 bits per heavy atom. The Hall–Kier alpha value is -1.60. The van der Waals surface area contributed by atoms with Gasteiger partial charge in [-0.25, -0.2) is 4.98 Å². The van der Waals surface area contributed by atoms with Gasteiger partial charge in [-0.2, -0.15) is 5.26 Å². The van der Waals surface area contributed by atoms with Gasteiger partial charge in [0.25, 0.3) is 0 Å². The molecule has 1 rings (SSSR count). The van der Waals surface area contributed by atoms with Crippen LogP contribution in [0.5, 0.6) is 0 Å². The smallest absolute Gasteiger partial charge is 0.185 e. The molecule has 0 bridgehead atoms. The molecule has 0 saturated heterocycles. The molecule has 0 aliphatic rings. The molecule has 15 heavy (non-hydrogen) atoms. The van der Waals surface area contributed by atoms with Gasteiger partial charge in [0.1, 0.15) is 11.0 Å². The molecule has 78 valence electrons. The average molecular weight is 223 g/mol. The molecule has 0 aliphatic carbocycles. The fraction of sp³-hybridized carbons (Fsp3) is 0.300. The summed E-state index contributed by atoms with van der Waals surface area (Å²) in [6.45, 7) is 2.21. The first-order valence-corrected chi connectivity index (χ1v) is 4.90. The van der Waals surface area contributed by atoms with Crippen molar-refractivity contribution in [3.8, 4) is 6.19 Å². The Morgan fingerprint density at radius 3 is 2.87 bits per heavy atom. The zero-order valence-corrected chi connectivity index (χ0v) is 9.12. The van der Waals surface area contributed by atoms with Gasteiger partial charge in [0, 0.05) is 12.6 Å². The Labute approximate surface area is 93.6 Å². The van der Waals surface area contributed by atoms with Crippen LogP contribution in [-0.4, -0.2) is 15.7 Å². The van der Waals surface area contributed by atoms with Crippen LogP contribution in [0.4, 0.5) is 0 Å². The number of hydrogen-bond acceptors (Lipinski definition) is 3. The quantitative estimate of drug-likeness (QED) is 0.281. The van der Waals surface area contributed by atoms with E-state index in [0.717, 1.165) is 5.56 Å². The highest BCUT2D eigenvalue weighted by Gasteiger charge is 2.07. The molecule has 1 aromatic rings. The maximum Gasteiger partial charge on any atom is 0.185 e. The number of amidine groups is 1. The van der Waals surface area contributed by atoms with Crippen molar-refractivity contribution in [3.63, 3.8) is 0 Å². The number of hydrogen-bond donors (Lipinski definition) is 1.